The zero-order valence-corrected chi connectivity index (χ0v) is 9.34. The van der Waals surface area contributed by atoms with E-state index in [1.807, 2.05) is 24.4 Å². The molecule has 0 amide bonds. The average Bonchev–Trinajstić information content (AvgIpc) is 2.23. The van der Waals surface area contributed by atoms with Gasteiger partial charge in [-0.2, -0.15) is 0 Å². The molecule has 1 aliphatic rings. The van der Waals surface area contributed by atoms with Crippen molar-refractivity contribution in [2.24, 2.45) is 0 Å². The molecule has 0 aliphatic heterocycles. The largest absolute Gasteiger partial charge is 0.250 e. The van der Waals surface area contributed by atoms with Gasteiger partial charge in [-0.3, -0.25) is 0 Å². The zero-order valence-electron chi connectivity index (χ0n) is 7.77. The second kappa shape index (κ2) is 4.85. The smallest absolute Gasteiger partial charge is 0.0963 e. The van der Waals surface area contributed by atoms with E-state index in [0.717, 1.165) is 17.9 Å². The van der Waals surface area contributed by atoms with Crippen molar-refractivity contribution >= 4 is 23.4 Å². The Balaban J connectivity index is 2.00. The molecule has 2 rings (SSSR count). The quantitative estimate of drug-likeness (QED) is 0.565. The number of allylic oxidation sites excluding steroid dienone is 2. The topological polar surface area (TPSA) is 12.9 Å². The number of thioether (sulfide) groups is 1. The van der Waals surface area contributed by atoms with Gasteiger partial charge in [0, 0.05) is 16.8 Å². The molecule has 1 aliphatic carbocycles. The summed E-state index contributed by atoms with van der Waals surface area (Å²) in [6, 6.07) is 5.98. The Bertz CT molecular complexity index is 312. The molecule has 0 fully saturated rings. The summed E-state index contributed by atoms with van der Waals surface area (Å²) in [4.78, 5) is 4.29. The van der Waals surface area contributed by atoms with Gasteiger partial charge >= 0.3 is 0 Å². The van der Waals surface area contributed by atoms with Crippen LogP contribution in [0.3, 0.4) is 0 Å². The highest BCUT2D eigenvalue weighted by atomic mass is 35.5. The molecule has 14 heavy (non-hydrogen) atoms. The molecule has 1 aromatic heterocycles. The molecule has 1 aromatic rings. The lowest BCUT2D eigenvalue weighted by Crippen LogP contribution is -2.19. The molecule has 2 unspecified atom stereocenters. The van der Waals surface area contributed by atoms with Crippen molar-refractivity contribution in [2.45, 2.75) is 28.5 Å². The molecular formula is C11H12ClNS. The summed E-state index contributed by atoms with van der Waals surface area (Å²) < 4.78 is 0. The number of alkyl halides is 1. The van der Waals surface area contributed by atoms with Crippen molar-refractivity contribution in [1.29, 1.82) is 0 Å². The van der Waals surface area contributed by atoms with Gasteiger partial charge in [0.2, 0.25) is 0 Å². The zero-order chi connectivity index (χ0) is 9.80. The Labute approximate surface area is 93.6 Å². The van der Waals surface area contributed by atoms with E-state index in [4.69, 9.17) is 11.6 Å². The van der Waals surface area contributed by atoms with Crippen LogP contribution in [0.25, 0.3) is 0 Å². The summed E-state index contributed by atoms with van der Waals surface area (Å²) in [7, 11) is 0. The van der Waals surface area contributed by atoms with Gasteiger partial charge in [-0.25, -0.2) is 4.98 Å². The maximum absolute atomic E-state index is 6.23. The minimum atomic E-state index is 0.243. The summed E-state index contributed by atoms with van der Waals surface area (Å²) in [5.74, 6) is 0. The van der Waals surface area contributed by atoms with E-state index in [1.165, 1.54) is 0 Å². The minimum Gasteiger partial charge on any atom is -0.250 e. The molecule has 0 N–H and O–H groups in total. The molecule has 0 spiro atoms. The predicted molar refractivity (Wildman–Crippen MR) is 61.9 cm³/mol. The van der Waals surface area contributed by atoms with Gasteiger partial charge in [-0.15, -0.1) is 23.4 Å². The van der Waals surface area contributed by atoms with Crippen molar-refractivity contribution in [3.05, 3.63) is 36.5 Å². The van der Waals surface area contributed by atoms with E-state index < -0.39 is 0 Å². The van der Waals surface area contributed by atoms with Crippen LogP contribution in [-0.4, -0.2) is 15.6 Å². The summed E-state index contributed by atoms with van der Waals surface area (Å²) in [5.41, 5.74) is 0. The van der Waals surface area contributed by atoms with Crippen LogP contribution in [0.5, 0.6) is 0 Å². The molecule has 0 radical (unpaired) electrons. The molecule has 74 valence electrons. The monoisotopic (exact) mass is 225 g/mol. The average molecular weight is 226 g/mol. The van der Waals surface area contributed by atoms with Gasteiger partial charge in [0.05, 0.1) is 5.03 Å². The first-order chi connectivity index (χ1) is 6.86. The van der Waals surface area contributed by atoms with Crippen LogP contribution >= 0.6 is 23.4 Å². The van der Waals surface area contributed by atoms with E-state index in [0.29, 0.717) is 5.25 Å². The Morgan fingerprint density at radius 3 is 2.86 bits per heavy atom. The lowest BCUT2D eigenvalue weighted by molar-refractivity contribution is 0.756. The van der Waals surface area contributed by atoms with Crippen LogP contribution in [0, 0.1) is 0 Å². The molecule has 1 heterocycles. The van der Waals surface area contributed by atoms with Crippen LogP contribution in [-0.2, 0) is 0 Å². The Hall–Kier alpha value is -0.470. The van der Waals surface area contributed by atoms with Gasteiger partial charge in [-0.05, 0) is 25.0 Å². The fourth-order valence-corrected chi connectivity index (χ4v) is 2.87. The summed E-state index contributed by atoms with van der Waals surface area (Å²) in [5, 5.41) is 1.78. The van der Waals surface area contributed by atoms with Crippen LogP contribution < -0.4 is 0 Å². The number of hydrogen-bond donors (Lipinski definition) is 0. The number of nitrogens with zero attached hydrogens (tertiary/aromatic N) is 1. The summed E-state index contributed by atoms with van der Waals surface area (Å²) >= 11 is 8.01. The highest BCUT2D eigenvalue weighted by Gasteiger charge is 2.21. The minimum absolute atomic E-state index is 0.243. The van der Waals surface area contributed by atoms with Gasteiger partial charge in [-0.1, -0.05) is 18.2 Å². The van der Waals surface area contributed by atoms with Crippen molar-refractivity contribution in [2.75, 3.05) is 0 Å². The molecule has 1 nitrogen and oxygen atoms in total. The number of hydrogen-bond acceptors (Lipinski definition) is 2. The maximum atomic E-state index is 6.23. The lowest BCUT2D eigenvalue weighted by atomic mass is 10.1. The third kappa shape index (κ3) is 2.52. The van der Waals surface area contributed by atoms with Crippen LogP contribution in [0.4, 0.5) is 0 Å². The Morgan fingerprint density at radius 1 is 1.29 bits per heavy atom. The summed E-state index contributed by atoms with van der Waals surface area (Å²) in [6.07, 6.45) is 8.22. The molecule has 0 bridgehead atoms. The van der Waals surface area contributed by atoms with Crippen molar-refractivity contribution in [3.8, 4) is 0 Å². The fraction of sp³-hybridized carbons (Fsp3) is 0.364. The second-order valence-electron chi connectivity index (χ2n) is 3.28. The normalized spacial score (nSPS) is 26.4. The summed E-state index contributed by atoms with van der Waals surface area (Å²) in [6.45, 7) is 0. The van der Waals surface area contributed by atoms with E-state index in [-0.39, 0.29) is 5.38 Å². The molecule has 2 atom stereocenters. The van der Waals surface area contributed by atoms with Crippen LogP contribution in [0.15, 0.2) is 41.6 Å². The third-order valence-corrected chi connectivity index (χ3v) is 4.15. The Kier molecular flexibility index (Phi) is 3.49. The molecule has 0 saturated heterocycles. The highest BCUT2D eigenvalue weighted by molar-refractivity contribution is 8.00. The van der Waals surface area contributed by atoms with Gasteiger partial charge < -0.3 is 0 Å². The van der Waals surface area contributed by atoms with Gasteiger partial charge in [0.25, 0.3) is 0 Å². The van der Waals surface area contributed by atoms with Crippen LogP contribution in [0.2, 0.25) is 0 Å². The number of halogens is 1. The lowest BCUT2D eigenvalue weighted by Gasteiger charge is -2.22. The standard InChI is InChI=1S/C11H12ClNS/c12-9-5-1-2-6-10(9)14-11-7-3-4-8-13-11/h1-4,7-10H,5-6H2. The van der Waals surface area contributed by atoms with E-state index in [9.17, 15) is 0 Å². The first kappa shape index (κ1) is 10.1. The first-order valence-electron chi connectivity index (χ1n) is 4.73. The van der Waals surface area contributed by atoms with Gasteiger partial charge in [0.15, 0.2) is 0 Å². The fourth-order valence-electron chi connectivity index (χ4n) is 1.45. The second-order valence-corrected chi connectivity index (χ2v) is 5.10. The third-order valence-electron chi connectivity index (χ3n) is 2.21. The van der Waals surface area contributed by atoms with E-state index >= 15 is 0 Å². The Morgan fingerprint density at radius 2 is 2.14 bits per heavy atom. The number of pyridine rings is 1. The van der Waals surface area contributed by atoms with E-state index in [2.05, 4.69) is 17.1 Å². The molecule has 0 saturated carbocycles. The van der Waals surface area contributed by atoms with Crippen molar-refractivity contribution in [3.63, 3.8) is 0 Å². The van der Waals surface area contributed by atoms with Crippen molar-refractivity contribution in [1.82, 2.24) is 4.98 Å². The SMILES string of the molecule is ClC1CC=CCC1Sc1ccccn1. The predicted octanol–water partition coefficient (Wildman–Crippen LogP) is 3.50. The van der Waals surface area contributed by atoms with Crippen LogP contribution in [0.1, 0.15) is 12.8 Å². The van der Waals surface area contributed by atoms with Crippen molar-refractivity contribution < 1.29 is 0 Å². The molecule has 0 aromatic carbocycles. The maximum Gasteiger partial charge on any atom is 0.0963 e. The highest BCUT2D eigenvalue weighted by Crippen LogP contribution is 2.32. The molecular weight excluding hydrogens is 214 g/mol. The van der Waals surface area contributed by atoms with Gasteiger partial charge in [0.1, 0.15) is 0 Å². The first-order valence-corrected chi connectivity index (χ1v) is 6.04. The number of rotatable bonds is 2. The van der Waals surface area contributed by atoms with E-state index in [1.54, 1.807) is 11.8 Å². The number of aromatic nitrogens is 1. The molecule has 3 heteroatoms.